The van der Waals surface area contributed by atoms with Crippen LogP contribution in [0.4, 0.5) is 5.69 Å². The van der Waals surface area contributed by atoms with Gasteiger partial charge in [-0.1, -0.05) is 56.5 Å². The Balaban J connectivity index is 1.46. The Morgan fingerprint density at radius 3 is 2.59 bits per heavy atom. The van der Waals surface area contributed by atoms with Gasteiger partial charge in [-0.15, -0.1) is 0 Å². The fourth-order valence-corrected chi connectivity index (χ4v) is 5.05. The molecule has 1 N–H and O–H groups in total. The summed E-state index contributed by atoms with van der Waals surface area (Å²) in [4.78, 5) is 27.9. The van der Waals surface area contributed by atoms with E-state index in [0.717, 1.165) is 37.4 Å². The van der Waals surface area contributed by atoms with Crippen LogP contribution in [0.5, 0.6) is 5.75 Å². The van der Waals surface area contributed by atoms with Gasteiger partial charge in [0.1, 0.15) is 5.75 Å². The zero-order valence-electron chi connectivity index (χ0n) is 19.0. The van der Waals surface area contributed by atoms with Crippen LogP contribution in [0.15, 0.2) is 48.5 Å². The number of benzene rings is 2. The van der Waals surface area contributed by atoms with Crippen LogP contribution in [-0.4, -0.2) is 36.4 Å². The number of piperidine rings is 1. The molecule has 2 atom stereocenters. The molecule has 1 saturated carbocycles. The van der Waals surface area contributed by atoms with E-state index in [4.69, 9.17) is 4.74 Å². The summed E-state index contributed by atoms with van der Waals surface area (Å²) in [5.74, 6) is 1.93. The molecular weight excluding hydrogens is 400 g/mol. The number of fused-ring (bicyclic) bond motifs is 1. The van der Waals surface area contributed by atoms with E-state index in [0.29, 0.717) is 35.9 Å². The van der Waals surface area contributed by atoms with Gasteiger partial charge in [-0.3, -0.25) is 9.59 Å². The third-order valence-electron chi connectivity index (χ3n) is 6.74. The Bertz CT molecular complexity index is 928. The molecule has 0 bridgehead atoms. The Hall–Kier alpha value is -2.82. The molecule has 0 radical (unpaired) electrons. The van der Waals surface area contributed by atoms with Crippen LogP contribution < -0.4 is 10.1 Å². The summed E-state index contributed by atoms with van der Waals surface area (Å²) in [6, 6.07) is 15.1. The molecule has 2 amide bonds. The van der Waals surface area contributed by atoms with Gasteiger partial charge >= 0.3 is 0 Å². The van der Waals surface area contributed by atoms with E-state index in [2.05, 4.69) is 5.32 Å². The zero-order chi connectivity index (χ0) is 22.3. The van der Waals surface area contributed by atoms with Crippen LogP contribution in [-0.2, 0) is 11.2 Å². The number of carbonyl (C=O) groups is 2. The molecule has 1 heterocycles. The third kappa shape index (κ3) is 5.50. The lowest BCUT2D eigenvalue weighted by atomic mass is 9.75. The highest BCUT2D eigenvalue weighted by Crippen LogP contribution is 2.37. The van der Waals surface area contributed by atoms with Gasteiger partial charge in [0.2, 0.25) is 5.91 Å². The Morgan fingerprint density at radius 2 is 1.81 bits per heavy atom. The number of hydrogen-bond acceptors (Lipinski definition) is 3. The number of hydrogen-bond donors (Lipinski definition) is 1. The first kappa shape index (κ1) is 22.4. The van der Waals surface area contributed by atoms with Gasteiger partial charge in [-0.2, -0.15) is 0 Å². The number of amides is 2. The minimum Gasteiger partial charge on any atom is -0.493 e. The van der Waals surface area contributed by atoms with Gasteiger partial charge in [-0.05, 0) is 48.8 Å². The average Bonchev–Trinajstić information content (AvgIpc) is 2.82. The summed E-state index contributed by atoms with van der Waals surface area (Å²) in [5, 5.41) is 2.95. The standard InChI is InChI=1S/C27H34N2O3/c1-2-16-32-25-18-23(28-26(30)17-20-8-4-3-5-9-20)12-13-24(25)27(31)29-15-14-21-10-6-7-11-22(21)19-29/h3-5,8-9,12-13,18,21-22H,2,6-7,10-11,14-17,19H2,1H3,(H,28,30)/t21?,22-/m0/s1. The smallest absolute Gasteiger partial charge is 0.257 e. The molecule has 1 saturated heterocycles. The van der Waals surface area contributed by atoms with Gasteiger partial charge < -0.3 is 15.0 Å². The van der Waals surface area contributed by atoms with Crippen molar-refractivity contribution in [3.63, 3.8) is 0 Å². The Morgan fingerprint density at radius 1 is 1.03 bits per heavy atom. The van der Waals surface area contributed by atoms with E-state index < -0.39 is 0 Å². The Labute approximate surface area is 191 Å². The number of carbonyl (C=O) groups excluding carboxylic acids is 2. The first-order valence-electron chi connectivity index (χ1n) is 12.0. The molecular formula is C27H34N2O3. The van der Waals surface area contributed by atoms with Gasteiger partial charge in [0.15, 0.2) is 0 Å². The average molecular weight is 435 g/mol. The van der Waals surface area contributed by atoms with Crippen molar-refractivity contribution >= 4 is 17.5 Å². The zero-order valence-corrected chi connectivity index (χ0v) is 19.0. The molecule has 1 aliphatic heterocycles. The van der Waals surface area contributed by atoms with Gasteiger partial charge in [0.05, 0.1) is 18.6 Å². The van der Waals surface area contributed by atoms with E-state index >= 15 is 0 Å². The van der Waals surface area contributed by atoms with E-state index in [1.165, 1.54) is 25.7 Å². The molecule has 4 rings (SSSR count). The van der Waals surface area contributed by atoms with Crippen LogP contribution >= 0.6 is 0 Å². The van der Waals surface area contributed by atoms with Crippen molar-refractivity contribution in [3.8, 4) is 5.75 Å². The summed E-state index contributed by atoms with van der Waals surface area (Å²) in [5.41, 5.74) is 2.21. The lowest BCUT2D eigenvalue weighted by Gasteiger charge is -2.41. The van der Waals surface area contributed by atoms with E-state index in [-0.39, 0.29) is 11.8 Å². The van der Waals surface area contributed by atoms with Crippen LogP contribution in [0.25, 0.3) is 0 Å². The largest absolute Gasteiger partial charge is 0.493 e. The van der Waals surface area contributed by atoms with E-state index in [1.54, 1.807) is 12.1 Å². The SMILES string of the molecule is CCCOc1cc(NC(=O)Cc2ccccc2)ccc1C(=O)N1CCC2CCCC[C@H]2C1. The molecule has 0 spiro atoms. The number of likely N-dealkylation sites (tertiary alicyclic amines) is 1. The van der Waals surface area contributed by atoms with Gasteiger partial charge in [0, 0.05) is 24.8 Å². The highest BCUT2D eigenvalue weighted by molar-refractivity contribution is 5.99. The maximum atomic E-state index is 13.4. The highest BCUT2D eigenvalue weighted by atomic mass is 16.5. The van der Waals surface area contributed by atoms with Crippen LogP contribution in [0, 0.1) is 11.8 Å². The van der Waals surface area contributed by atoms with Crippen molar-refractivity contribution in [1.82, 2.24) is 4.90 Å². The normalized spacial score (nSPS) is 20.3. The van der Waals surface area contributed by atoms with Crippen LogP contribution in [0.1, 0.15) is 61.4 Å². The molecule has 32 heavy (non-hydrogen) atoms. The molecule has 170 valence electrons. The fraction of sp³-hybridized carbons (Fsp3) is 0.481. The molecule has 1 unspecified atom stereocenters. The lowest BCUT2D eigenvalue weighted by Crippen LogP contribution is -2.44. The monoisotopic (exact) mass is 434 g/mol. The first-order chi connectivity index (χ1) is 15.6. The van der Waals surface area contributed by atoms with Crippen molar-refractivity contribution < 1.29 is 14.3 Å². The summed E-state index contributed by atoms with van der Waals surface area (Å²) >= 11 is 0. The molecule has 1 aliphatic carbocycles. The van der Waals surface area contributed by atoms with Crippen molar-refractivity contribution in [2.24, 2.45) is 11.8 Å². The maximum Gasteiger partial charge on any atom is 0.257 e. The molecule has 0 aromatic heterocycles. The molecule has 2 aliphatic rings. The predicted octanol–water partition coefficient (Wildman–Crippen LogP) is 5.31. The second kappa shape index (κ2) is 10.7. The number of nitrogens with zero attached hydrogens (tertiary/aromatic N) is 1. The van der Waals surface area contributed by atoms with Crippen LogP contribution in [0.2, 0.25) is 0 Å². The lowest BCUT2D eigenvalue weighted by molar-refractivity contribution is -0.115. The van der Waals surface area contributed by atoms with E-state index in [1.807, 2.05) is 48.2 Å². The molecule has 2 fully saturated rings. The minimum absolute atomic E-state index is 0.0438. The fourth-order valence-electron chi connectivity index (χ4n) is 5.05. The van der Waals surface area contributed by atoms with Crippen molar-refractivity contribution in [3.05, 3.63) is 59.7 Å². The predicted molar refractivity (Wildman–Crippen MR) is 127 cm³/mol. The molecule has 5 heteroatoms. The topological polar surface area (TPSA) is 58.6 Å². The highest BCUT2D eigenvalue weighted by Gasteiger charge is 2.34. The van der Waals surface area contributed by atoms with Crippen molar-refractivity contribution in [2.75, 3.05) is 25.0 Å². The number of nitrogens with one attached hydrogen (secondary N) is 1. The molecule has 5 nitrogen and oxygen atoms in total. The van der Waals surface area contributed by atoms with Gasteiger partial charge in [0.25, 0.3) is 5.91 Å². The van der Waals surface area contributed by atoms with Gasteiger partial charge in [-0.25, -0.2) is 0 Å². The number of rotatable bonds is 7. The van der Waals surface area contributed by atoms with E-state index in [9.17, 15) is 9.59 Å². The second-order valence-corrected chi connectivity index (χ2v) is 9.11. The van der Waals surface area contributed by atoms with Crippen molar-refractivity contribution in [2.45, 2.75) is 51.9 Å². The molecule has 2 aromatic carbocycles. The first-order valence-corrected chi connectivity index (χ1v) is 12.0. The summed E-state index contributed by atoms with van der Waals surface area (Å²) in [6.45, 7) is 4.25. The third-order valence-corrected chi connectivity index (χ3v) is 6.74. The molecule has 2 aromatic rings. The Kier molecular flexibility index (Phi) is 7.46. The minimum atomic E-state index is -0.0870. The summed E-state index contributed by atoms with van der Waals surface area (Å²) in [6.07, 6.45) is 7.44. The second-order valence-electron chi connectivity index (χ2n) is 9.11. The number of ether oxygens (including phenoxy) is 1. The summed E-state index contributed by atoms with van der Waals surface area (Å²) in [7, 11) is 0. The van der Waals surface area contributed by atoms with Crippen molar-refractivity contribution in [1.29, 1.82) is 0 Å². The maximum absolute atomic E-state index is 13.4. The van der Waals surface area contributed by atoms with Crippen LogP contribution in [0.3, 0.4) is 0 Å². The summed E-state index contributed by atoms with van der Waals surface area (Å²) < 4.78 is 5.95. The number of anilines is 1. The quantitative estimate of drug-likeness (QED) is 0.643.